The third-order valence-electron chi connectivity index (χ3n) is 4.52. The van der Waals surface area contributed by atoms with Gasteiger partial charge in [-0.2, -0.15) is 4.37 Å². The lowest BCUT2D eigenvalue weighted by atomic mass is 9.88. The van der Waals surface area contributed by atoms with Gasteiger partial charge in [0.25, 0.3) is 0 Å². The van der Waals surface area contributed by atoms with Crippen LogP contribution in [-0.2, 0) is 13.0 Å². The summed E-state index contributed by atoms with van der Waals surface area (Å²) in [6.07, 6.45) is 3.13. The fraction of sp³-hybridized carbons (Fsp3) is 0.444. The van der Waals surface area contributed by atoms with Gasteiger partial charge in [0.15, 0.2) is 0 Å². The van der Waals surface area contributed by atoms with Crippen LogP contribution in [0.3, 0.4) is 0 Å². The molecule has 0 aliphatic carbocycles. The van der Waals surface area contributed by atoms with Crippen molar-refractivity contribution in [1.29, 1.82) is 0 Å². The highest BCUT2D eigenvalue weighted by atomic mass is 32.1. The van der Waals surface area contributed by atoms with Crippen LogP contribution in [0.5, 0.6) is 0 Å². The smallest absolute Gasteiger partial charge is 0.335 e. The van der Waals surface area contributed by atoms with Crippen molar-refractivity contribution in [3.8, 4) is 0 Å². The molecule has 1 aromatic heterocycles. The highest BCUT2D eigenvalue weighted by Crippen LogP contribution is 2.25. The van der Waals surface area contributed by atoms with Gasteiger partial charge in [0.2, 0.25) is 0 Å². The third kappa shape index (κ3) is 4.18. The molecule has 3 rings (SSSR count). The number of hydrogen-bond donors (Lipinski definition) is 1. The van der Waals surface area contributed by atoms with Gasteiger partial charge in [-0.25, -0.2) is 4.79 Å². The van der Waals surface area contributed by atoms with Gasteiger partial charge in [0.1, 0.15) is 0 Å². The van der Waals surface area contributed by atoms with Crippen molar-refractivity contribution in [3.05, 3.63) is 52.0 Å². The number of carbonyl (C=O) groups is 1. The average Bonchev–Trinajstić information content (AvgIpc) is 2.95. The van der Waals surface area contributed by atoms with Crippen molar-refractivity contribution >= 4 is 17.5 Å². The van der Waals surface area contributed by atoms with E-state index in [0.29, 0.717) is 11.5 Å². The van der Waals surface area contributed by atoms with Gasteiger partial charge in [-0.3, -0.25) is 4.90 Å². The highest BCUT2D eigenvalue weighted by Gasteiger charge is 2.21. The van der Waals surface area contributed by atoms with E-state index in [-0.39, 0.29) is 0 Å². The van der Waals surface area contributed by atoms with Gasteiger partial charge in [-0.15, -0.1) is 0 Å². The first-order valence-electron chi connectivity index (χ1n) is 8.07. The maximum Gasteiger partial charge on any atom is 0.335 e. The minimum absolute atomic E-state index is 0.454. The van der Waals surface area contributed by atoms with Crippen molar-refractivity contribution in [1.82, 2.24) is 9.27 Å². The van der Waals surface area contributed by atoms with Gasteiger partial charge in [0, 0.05) is 11.4 Å². The number of carboxylic acids is 1. The van der Waals surface area contributed by atoms with E-state index in [4.69, 9.17) is 0 Å². The topological polar surface area (TPSA) is 53.4 Å². The molecule has 0 atom stereocenters. The van der Waals surface area contributed by atoms with Crippen molar-refractivity contribution < 1.29 is 9.90 Å². The quantitative estimate of drug-likeness (QED) is 0.910. The van der Waals surface area contributed by atoms with Crippen LogP contribution in [0.1, 0.15) is 39.3 Å². The zero-order valence-electron chi connectivity index (χ0n) is 13.4. The molecule has 0 spiro atoms. The summed E-state index contributed by atoms with van der Waals surface area (Å²) >= 11 is 1.59. The molecule has 2 aromatic rings. The van der Waals surface area contributed by atoms with Gasteiger partial charge < -0.3 is 5.11 Å². The Labute approximate surface area is 140 Å². The molecule has 1 aromatic carbocycles. The number of benzene rings is 1. The summed E-state index contributed by atoms with van der Waals surface area (Å²) in [7, 11) is 0. The SMILES string of the molecule is Cc1cc(CN2CCC(Cc3ccccc3C(=O)O)CC2)sn1. The second-order valence-electron chi connectivity index (χ2n) is 6.32. The van der Waals surface area contributed by atoms with Crippen LogP contribution in [0.4, 0.5) is 0 Å². The number of hydrogen-bond acceptors (Lipinski definition) is 4. The normalized spacial score (nSPS) is 16.6. The van der Waals surface area contributed by atoms with Gasteiger partial charge >= 0.3 is 5.97 Å². The van der Waals surface area contributed by atoms with Gasteiger partial charge in [-0.05, 0) is 74.4 Å². The molecule has 122 valence electrons. The van der Waals surface area contributed by atoms with Crippen LogP contribution in [0.15, 0.2) is 30.3 Å². The Morgan fingerprint density at radius 1 is 1.35 bits per heavy atom. The summed E-state index contributed by atoms with van der Waals surface area (Å²) in [6.45, 7) is 5.18. The summed E-state index contributed by atoms with van der Waals surface area (Å²) < 4.78 is 4.34. The second kappa shape index (κ2) is 7.23. The summed E-state index contributed by atoms with van der Waals surface area (Å²) in [4.78, 5) is 15.1. The number of aromatic carboxylic acids is 1. The Morgan fingerprint density at radius 2 is 2.09 bits per heavy atom. The molecule has 1 aliphatic rings. The lowest BCUT2D eigenvalue weighted by Gasteiger charge is -2.31. The second-order valence-corrected chi connectivity index (χ2v) is 7.21. The zero-order chi connectivity index (χ0) is 16.2. The summed E-state index contributed by atoms with van der Waals surface area (Å²) in [5.74, 6) is -0.242. The van der Waals surface area contributed by atoms with E-state index in [0.717, 1.165) is 50.2 Å². The third-order valence-corrected chi connectivity index (χ3v) is 5.38. The maximum absolute atomic E-state index is 11.3. The number of aromatic nitrogens is 1. The van der Waals surface area contributed by atoms with E-state index in [1.165, 1.54) is 4.88 Å². The molecule has 0 bridgehead atoms. The monoisotopic (exact) mass is 330 g/mol. The molecule has 4 nitrogen and oxygen atoms in total. The predicted octanol–water partition coefficient (Wildman–Crippen LogP) is 3.60. The predicted molar refractivity (Wildman–Crippen MR) is 92.0 cm³/mol. The Kier molecular flexibility index (Phi) is 5.08. The van der Waals surface area contributed by atoms with Crippen LogP contribution in [-0.4, -0.2) is 33.4 Å². The molecule has 2 heterocycles. The number of piperidine rings is 1. The van der Waals surface area contributed by atoms with E-state index in [9.17, 15) is 9.90 Å². The molecule has 1 N–H and O–H groups in total. The Morgan fingerprint density at radius 3 is 2.74 bits per heavy atom. The van der Waals surface area contributed by atoms with Crippen LogP contribution < -0.4 is 0 Å². The van der Waals surface area contributed by atoms with Crippen LogP contribution in [0.25, 0.3) is 0 Å². The molecule has 0 unspecified atom stereocenters. The van der Waals surface area contributed by atoms with E-state index in [1.807, 2.05) is 19.1 Å². The average molecular weight is 330 g/mol. The molecule has 0 radical (unpaired) electrons. The van der Waals surface area contributed by atoms with E-state index in [1.54, 1.807) is 23.7 Å². The number of rotatable bonds is 5. The molecule has 1 aliphatic heterocycles. The van der Waals surface area contributed by atoms with E-state index >= 15 is 0 Å². The fourth-order valence-corrected chi connectivity index (χ4v) is 4.06. The molecule has 0 amide bonds. The van der Waals surface area contributed by atoms with Crippen LogP contribution >= 0.6 is 11.5 Å². The molecular formula is C18H22N2O2S. The Balaban J connectivity index is 1.54. The van der Waals surface area contributed by atoms with Gasteiger partial charge in [-0.1, -0.05) is 18.2 Å². The first kappa shape index (κ1) is 16.1. The maximum atomic E-state index is 11.3. The molecule has 23 heavy (non-hydrogen) atoms. The Hall–Kier alpha value is -1.72. The van der Waals surface area contributed by atoms with E-state index < -0.39 is 5.97 Å². The minimum atomic E-state index is -0.821. The number of nitrogens with zero attached hydrogens (tertiary/aromatic N) is 2. The van der Waals surface area contributed by atoms with Gasteiger partial charge in [0.05, 0.1) is 11.3 Å². The number of likely N-dealkylation sites (tertiary alicyclic amines) is 1. The van der Waals surface area contributed by atoms with Crippen molar-refractivity contribution in [2.45, 2.75) is 32.7 Å². The molecule has 5 heteroatoms. The summed E-state index contributed by atoms with van der Waals surface area (Å²) in [5, 5.41) is 9.29. The summed E-state index contributed by atoms with van der Waals surface area (Å²) in [5.41, 5.74) is 2.52. The van der Waals surface area contributed by atoms with Crippen molar-refractivity contribution in [2.24, 2.45) is 5.92 Å². The van der Waals surface area contributed by atoms with E-state index in [2.05, 4.69) is 15.3 Å². The van der Waals surface area contributed by atoms with Crippen molar-refractivity contribution in [3.63, 3.8) is 0 Å². The summed E-state index contributed by atoms with van der Waals surface area (Å²) in [6, 6.07) is 9.56. The highest BCUT2D eigenvalue weighted by molar-refractivity contribution is 7.05. The first-order chi connectivity index (χ1) is 11.1. The molecule has 1 saturated heterocycles. The number of carboxylic acid groups (broad SMARTS) is 1. The molecular weight excluding hydrogens is 308 g/mol. The largest absolute Gasteiger partial charge is 0.478 e. The lowest BCUT2D eigenvalue weighted by molar-refractivity contribution is 0.0695. The number of aryl methyl sites for hydroxylation is 1. The zero-order valence-corrected chi connectivity index (χ0v) is 14.2. The molecule has 1 fully saturated rings. The standard InChI is InChI=1S/C18H22N2O2S/c1-13-10-16(23-19-13)12-20-8-6-14(7-9-20)11-15-4-2-3-5-17(15)18(21)22/h2-5,10,14H,6-9,11-12H2,1H3,(H,21,22). The minimum Gasteiger partial charge on any atom is -0.478 e. The fourth-order valence-electron chi connectivity index (χ4n) is 3.28. The van der Waals surface area contributed by atoms with Crippen LogP contribution in [0, 0.1) is 12.8 Å². The van der Waals surface area contributed by atoms with Crippen LogP contribution in [0.2, 0.25) is 0 Å². The Bertz CT molecular complexity index is 675. The lowest BCUT2D eigenvalue weighted by Crippen LogP contribution is -2.33. The first-order valence-corrected chi connectivity index (χ1v) is 8.85. The molecule has 0 saturated carbocycles. The van der Waals surface area contributed by atoms with Crippen molar-refractivity contribution in [2.75, 3.05) is 13.1 Å².